The molecule has 3 heterocycles. The van der Waals surface area contributed by atoms with Gasteiger partial charge in [-0.1, -0.05) is 0 Å². The first-order chi connectivity index (χ1) is 9.18. The van der Waals surface area contributed by atoms with Gasteiger partial charge in [0.15, 0.2) is 5.82 Å². The van der Waals surface area contributed by atoms with E-state index in [2.05, 4.69) is 33.2 Å². The minimum atomic E-state index is -0.0357. The Labute approximate surface area is 115 Å². The first kappa shape index (κ1) is 12.1. The molecule has 0 aliphatic carbocycles. The molecule has 1 unspecified atom stereocenters. The van der Waals surface area contributed by atoms with Crippen LogP contribution in [0.5, 0.6) is 0 Å². The Morgan fingerprint density at radius 2 is 2.26 bits per heavy atom. The van der Waals surface area contributed by atoms with Gasteiger partial charge in [-0.15, -0.1) is 11.3 Å². The molecule has 0 saturated heterocycles. The van der Waals surface area contributed by atoms with Crippen molar-refractivity contribution in [3.05, 3.63) is 40.0 Å². The molecule has 2 aromatic rings. The third-order valence-electron chi connectivity index (χ3n) is 3.48. The Bertz CT molecular complexity index is 621. The molecule has 19 heavy (non-hydrogen) atoms. The summed E-state index contributed by atoms with van der Waals surface area (Å²) >= 11 is 1.81. The standard InChI is InChI=1S/C13H15N5S/c1-8-9-3-7-19-10(9)2-6-18(8)13-11(12(14)15)16-4-5-17-13/h3-5,7-8H,2,6H2,1H3,(H3,14,15). The van der Waals surface area contributed by atoms with Gasteiger partial charge in [0, 0.05) is 23.8 Å². The van der Waals surface area contributed by atoms with Crippen molar-refractivity contribution in [2.75, 3.05) is 11.4 Å². The van der Waals surface area contributed by atoms with Crippen molar-refractivity contribution < 1.29 is 0 Å². The number of hydrogen-bond acceptors (Lipinski definition) is 5. The summed E-state index contributed by atoms with van der Waals surface area (Å²) in [5, 5.41) is 9.76. The first-order valence-corrected chi connectivity index (χ1v) is 7.04. The minimum absolute atomic E-state index is 0.0357. The molecular weight excluding hydrogens is 258 g/mol. The SMILES string of the molecule is CC1c2ccsc2CCN1c1nccnc1C(=N)N. The summed E-state index contributed by atoms with van der Waals surface area (Å²) in [6.45, 7) is 3.04. The van der Waals surface area contributed by atoms with E-state index in [4.69, 9.17) is 11.1 Å². The van der Waals surface area contributed by atoms with Crippen molar-refractivity contribution in [1.29, 1.82) is 5.41 Å². The lowest BCUT2D eigenvalue weighted by Crippen LogP contribution is -2.35. The highest BCUT2D eigenvalue weighted by atomic mass is 32.1. The number of aromatic nitrogens is 2. The van der Waals surface area contributed by atoms with Crippen LogP contribution in [0, 0.1) is 5.41 Å². The molecule has 3 rings (SSSR count). The van der Waals surface area contributed by atoms with Crippen LogP contribution in [-0.4, -0.2) is 22.3 Å². The van der Waals surface area contributed by atoms with Crippen LogP contribution in [0.1, 0.15) is 29.1 Å². The van der Waals surface area contributed by atoms with Crippen molar-refractivity contribution in [3.63, 3.8) is 0 Å². The molecule has 0 fully saturated rings. The number of thiophene rings is 1. The number of anilines is 1. The number of nitrogens with two attached hydrogens (primary N) is 1. The Balaban J connectivity index is 2.03. The maximum absolute atomic E-state index is 7.63. The second-order valence-electron chi connectivity index (χ2n) is 4.56. The third kappa shape index (κ3) is 1.98. The zero-order chi connectivity index (χ0) is 13.4. The van der Waals surface area contributed by atoms with Crippen molar-refractivity contribution in [2.45, 2.75) is 19.4 Å². The largest absolute Gasteiger partial charge is 0.382 e. The van der Waals surface area contributed by atoms with Gasteiger partial charge in [0.1, 0.15) is 11.5 Å². The smallest absolute Gasteiger partial charge is 0.158 e. The van der Waals surface area contributed by atoms with Gasteiger partial charge in [0.25, 0.3) is 0 Å². The summed E-state index contributed by atoms with van der Waals surface area (Å²) in [6.07, 6.45) is 4.23. The number of nitrogen functional groups attached to an aromatic ring is 1. The van der Waals surface area contributed by atoms with E-state index < -0.39 is 0 Å². The van der Waals surface area contributed by atoms with Gasteiger partial charge in [-0.2, -0.15) is 0 Å². The van der Waals surface area contributed by atoms with Crippen LogP contribution in [0.25, 0.3) is 0 Å². The fourth-order valence-electron chi connectivity index (χ4n) is 2.53. The number of nitrogens with one attached hydrogen (secondary N) is 1. The summed E-state index contributed by atoms with van der Waals surface area (Å²) in [6, 6.07) is 2.41. The predicted molar refractivity (Wildman–Crippen MR) is 76.8 cm³/mol. The molecule has 1 aliphatic rings. The van der Waals surface area contributed by atoms with Crippen LogP contribution in [0.2, 0.25) is 0 Å². The zero-order valence-electron chi connectivity index (χ0n) is 10.6. The second kappa shape index (κ2) is 4.62. The van der Waals surface area contributed by atoms with E-state index in [9.17, 15) is 0 Å². The summed E-state index contributed by atoms with van der Waals surface area (Å²) in [4.78, 5) is 12.2. The van der Waals surface area contributed by atoms with Gasteiger partial charge in [-0.25, -0.2) is 9.97 Å². The Morgan fingerprint density at radius 3 is 3.05 bits per heavy atom. The van der Waals surface area contributed by atoms with Crippen LogP contribution < -0.4 is 10.6 Å². The Hall–Kier alpha value is -1.95. The van der Waals surface area contributed by atoms with Crippen LogP contribution in [0.4, 0.5) is 5.82 Å². The lowest BCUT2D eigenvalue weighted by molar-refractivity contribution is 0.623. The molecule has 3 N–H and O–H groups in total. The maximum atomic E-state index is 7.63. The van der Waals surface area contributed by atoms with Crippen LogP contribution in [-0.2, 0) is 6.42 Å². The molecule has 1 atom stereocenters. The van der Waals surface area contributed by atoms with Crippen LogP contribution >= 0.6 is 11.3 Å². The van der Waals surface area contributed by atoms with E-state index in [1.54, 1.807) is 12.4 Å². The topological polar surface area (TPSA) is 78.9 Å². The predicted octanol–water partition coefficient (Wildman–Crippen LogP) is 1.95. The lowest BCUT2D eigenvalue weighted by atomic mass is 10.0. The molecule has 0 radical (unpaired) electrons. The molecule has 0 saturated carbocycles. The van der Waals surface area contributed by atoms with Gasteiger partial charge in [-0.05, 0) is 30.4 Å². The number of nitrogens with zero attached hydrogens (tertiary/aromatic N) is 3. The highest BCUT2D eigenvalue weighted by Gasteiger charge is 2.28. The van der Waals surface area contributed by atoms with E-state index in [0.29, 0.717) is 11.5 Å². The normalized spacial score (nSPS) is 18.2. The van der Waals surface area contributed by atoms with Gasteiger partial charge < -0.3 is 10.6 Å². The van der Waals surface area contributed by atoms with Gasteiger partial charge in [-0.3, -0.25) is 5.41 Å². The Morgan fingerprint density at radius 1 is 1.47 bits per heavy atom. The number of fused-ring (bicyclic) bond motifs is 1. The van der Waals surface area contributed by atoms with E-state index in [0.717, 1.165) is 13.0 Å². The second-order valence-corrected chi connectivity index (χ2v) is 5.56. The molecule has 5 nitrogen and oxygen atoms in total. The van der Waals surface area contributed by atoms with Crippen LogP contribution in [0.3, 0.4) is 0 Å². The summed E-state index contributed by atoms with van der Waals surface area (Å²) < 4.78 is 0. The molecule has 2 aromatic heterocycles. The average Bonchev–Trinajstić information content (AvgIpc) is 2.88. The molecule has 98 valence electrons. The quantitative estimate of drug-likeness (QED) is 0.647. The number of hydrogen-bond donors (Lipinski definition) is 2. The van der Waals surface area contributed by atoms with Gasteiger partial charge in [0.05, 0.1) is 6.04 Å². The van der Waals surface area contributed by atoms with Crippen molar-refractivity contribution >= 4 is 23.0 Å². The molecule has 6 heteroatoms. The summed E-state index contributed by atoms with van der Waals surface area (Å²) in [5.41, 5.74) is 7.41. The van der Waals surface area contributed by atoms with Gasteiger partial charge in [0.2, 0.25) is 0 Å². The fraction of sp³-hybridized carbons (Fsp3) is 0.308. The zero-order valence-corrected chi connectivity index (χ0v) is 11.4. The molecule has 0 spiro atoms. The van der Waals surface area contributed by atoms with E-state index in [1.165, 1.54) is 10.4 Å². The van der Waals surface area contributed by atoms with Gasteiger partial charge >= 0.3 is 0 Å². The average molecular weight is 273 g/mol. The number of amidine groups is 1. The number of rotatable bonds is 2. The summed E-state index contributed by atoms with van der Waals surface area (Å²) in [5.74, 6) is 0.672. The molecule has 0 amide bonds. The fourth-order valence-corrected chi connectivity index (χ4v) is 3.49. The van der Waals surface area contributed by atoms with Crippen molar-refractivity contribution in [1.82, 2.24) is 9.97 Å². The van der Waals surface area contributed by atoms with E-state index in [1.807, 2.05) is 11.3 Å². The molecule has 0 aromatic carbocycles. The Kier molecular flexibility index (Phi) is 2.94. The van der Waals surface area contributed by atoms with E-state index in [-0.39, 0.29) is 11.9 Å². The lowest BCUT2D eigenvalue weighted by Gasteiger charge is -2.35. The monoisotopic (exact) mass is 273 g/mol. The highest BCUT2D eigenvalue weighted by molar-refractivity contribution is 7.10. The third-order valence-corrected chi connectivity index (χ3v) is 4.48. The minimum Gasteiger partial charge on any atom is -0.382 e. The molecule has 1 aliphatic heterocycles. The van der Waals surface area contributed by atoms with Crippen LogP contribution in [0.15, 0.2) is 23.8 Å². The molecule has 0 bridgehead atoms. The van der Waals surface area contributed by atoms with Crippen molar-refractivity contribution in [2.24, 2.45) is 5.73 Å². The molecular formula is C13H15N5S. The maximum Gasteiger partial charge on any atom is 0.158 e. The highest BCUT2D eigenvalue weighted by Crippen LogP contribution is 2.35. The summed E-state index contributed by atoms with van der Waals surface area (Å²) in [7, 11) is 0. The van der Waals surface area contributed by atoms with Crippen molar-refractivity contribution in [3.8, 4) is 0 Å². The van der Waals surface area contributed by atoms with E-state index >= 15 is 0 Å². The first-order valence-electron chi connectivity index (χ1n) is 6.17.